The molecule has 0 aliphatic carbocycles. The lowest BCUT2D eigenvalue weighted by atomic mass is 9.97. The molecule has 0 N–H and O–H groups in total. The second-order valence-corrected chi connectivity index (χ2v) is 10.6. The molecule has 9 heteroatoms. The van der Waals surface area contributed by atoms with Gasteiger partial charge in [0.2, 0.25) is 0 Å². The summed E-state index contributed by atoms with van der Waals surface area (Å²) in [6.07, 6.45) is 5.27. The molecule has 0 saturated carbocycles. The third kappa shape index (κ3) is 7.86. The van der Waals surface area contributed by atoms with Crippen molar-refractivity contribution in [2.24, 2.45) is 0 Å². The van der Waals surface area contributed by atoms with Crippen molar-refractivity contribution in [3.05, 3.63) is 0 Å². The zero-order valence-electron chi connectivity index (χ0n) is 23.3. The number of hydrogen-bond donors (Lipinski definition) is 0. The van der Waals surface area contributed by atoms with Gasteiger partial charge in [0.05, 0.1) is 13.2 Å². The molecule has 0 aromatic heterocycles. The van der Waals surface area contributed by atoms with E-state index in [0.29, 0.717) is 39.6 Å². The van der Waals surface area contributed by atoms with Gasteiger partial charge in [-0.15, -0.1) is 0 Å². The van der Waals surface area contributed by atoms with Crippen molar-refractivity contribution < 1.29 is 42.6 Å². The van der Waals surface area contributed by atoms with E-state index in [2.05, 4.69) is 27.7 Å². The molecule has 37 heavy (non-hydrogen) atoms. The number of unbranched alkanes of at least 4 members (excludes halogenated alkanes) is 4. The van der Waals surface area contributed by atoms with Crippen molar-refractivity contribution in [3.8, 4) is 0 Å². The first-order valence-corrected chi connectivity index (χ1v) is 14.9. The van der Waals surface area contributed by atoms with Crippen LogP contribution in [0.2, 0.25) is 0 Å². The fraction of sp³-hybridized carbons (Fsp3) is 1.00. The second-order valence-electron chi connectivity index (χ2n) is 10.6. The summed E-state index contributed by atoms with van der Waals surface area (Å²) in [7, 11) is 0. The third-order valence-corrected chi connectivity index (χ3v) is 7.48. The van der Waals surface area contributed by atoms with E-state index in [9.17, 15) is 0 Å². The number of ether oxygens (including phenoxy) is 9. The van der Waals surface area contributed by atoms with E-state index in [1.54, 1.807) is 0 Å². The van der Waals surface area contributed by atoms with Crippen LogP contribution in [0.15, 0.2) is 0 Å². The summed E-state index contributed by atoms with van der Waals surface area (Å²) < 4.78 is 56.4. The van der Waals surface area contributed by atoms with Crippen LogP contribution in [0.4, 0.5) is 0 Å². The molecule has 4 aliphatic heterocycles. The molecule has 4 aliphatic rings. The van der Waals surface area contributed by atoms with Gasteiger partial charge in [0.15, 0.2) is 12.6 Å². The average Bonchev–Trinajstić information content (AvgIpc) is 3.59. The normalized spacial score (nSPS) is 38.6. The van der Waals surface area contributed by atoms with E-state index in [1.165, 1.54) is 0 Å². The zero-order chi connectivity index (χ0) is 26.0. The first-order valence-electron chi connectivity index (χ1n) is 14.9. The van der Waals surface area contributed by atoms with Crippen LogP contribution >= 0.6 is 0 Å². The Labute approximate surface area is 223 Å². The highest BCUT2D eigenvalue weighted by molar-refractivity contribution is 5.05. The molecule has 0 amide bonds. The van der Waals surface area contributed by atoms with Gasteiger partial charge in [-0.25, -0.2) is 0 Å². The predicted molar refractivity (Wildman–Crippen MR) is 136 cm³/mol. The molecule has 0 aromatic carbocycles. The lowest BCUT2D eigenvalue weighted by Crippen LogP contribution is -2.63. The van der Waals surface area contributed by atoms with Crippen molar-refractivity contribution >= 4 is 0 Å². The van der Waals surface area contributed by atoms with E-state index >= 15 is 0 Å². The number of rotatable bonds is 19. The summed E-state index contributed by atoms with van der Waals surface area (Å²) in [5.74, 6) is 0. The van der Waals surface area contributed by atoms with E-state index in [-0.39, 0.29) is 49.0 Å². The maximum atomic E-state index is 6.66. The first kappa shape index (κ1) is 29.6. The lowest BCUT2D eigenvalue weighted by molar-refractivity contribution is -0.338. The van der Waals surface area contributed by atoms with E-state index < -0.39 is 12.4 Å². The largest absolute Gasteiger partial charge is 0.379 e. The summed E-state index contributed by atoms with van der Waals surface area (Å²) in [4.78, 5) is 0. The van der Waals surface area contributed by atoms with Gasteiger partial charge in [0.1, 0.15) is 48.8 Å². The molecule has 0 spiro atoms. The molecule has 10 atom stereocenters. The minimum atomic E-state index is -0.648. The molecule has 9 nitrogen and oxygen atoms in total. The molecular formula is C28H50O9. The van der Waals surface area contributed by atoms with E-state index in [1.807, 2.05) is 0 Å². The monoisotopic (exact) mass is 530 g/mol. The molecule has 4 heterocycles. The Morgan fingerprint density at radius 1 is 0.622 bits per heavy atom. The van der Waals surface area contributed by atoms with Crippen LogP contribution in [-0.2, 0) is 42.6 Å². The van der Waals surface area contributed by atoms with Crippen LogP contribution in [0.3, 0.4) is 0 Å². The zero-order valence-corrected chi connectivity index (χ0v) is 23.3. The molecule has 4 fully saturated rings. The lowest BCUT2D eigenvalue weighted by Gasteiger charge is -2.47. The van der Waals surface area contributed by atoms with Gasteiger partial charge in [-0.2, -0.15) is 0 Å². The maximum absolute atomic E-state index is 6.66. The molecule has 0 aromatic rings. The number of fused-ring (bicyclic) bond motifs is 4. The Kier molecular flexibility index (Phi) is 12.4. The van der Waals surface area contributed by atoms with Crippen LogP contribution in [0.1, 0.15) is 79.1 Å². The topological polar surface area (TPSA) is 86.4 Å². The molecule has 4 saturated heterocycles. The quantitative estimate of drug-likeness (QED) is 0.182. The highest BCUT2D eigenvalue weighted by atomic mass is 16.8. The molecular weight excluding hydrogens is 480 g/mol. The van der Waals surface area contributed by atoms with Crippen molar-refractivity contribution in [2.45, 2.75) is 140 Å². The number of epoxide rings is 1. The van der Waals surface area contributed by atoms with Crippen LogP contribution in [-0.4, -0.2) is 101 Å². The molecule has 216 valence electrons. The van der Waals surface area contributed by atoms with Gasteiger partial charge < -0.3 is 42.6 Å². The van der Waals surface area contributed by atoms with Crippen molar-refractivity contribution in [2.75, 3.05) is 39.6 Å². The summed E-state index contributed by atoms with van der Waals surface area (Å²) in [6.45, 7) is 12.2. The highest BCUT2D eigenvalue weighted by Crippen LogP contribution is 2.44. The molecule has 4 rings (SSSR count). The average molecular weight is 531 g/mol. The Bertz CT molecular complexity index is 637. The Balaban J connectivity index is 1.53. The summed E-state index contributed by atoms with van der Waals surface area (Å²) in [6, 6.07) is 0. The summed E-state index contributed by atoms with van der Waals surface area (Å²) in [5, 5.41) is 0. The standard InChI is InChI=1S/C28H50O9/c1-5-9-13-29-17-19-21(30-14-10-6-2)23(31-15-11-7-3)25(32-16-12-8-4)28(35-19)37-22-20-18-33-27(34-20)26-24(22)36-26/h19-28H,5-18H2,1-4H3/t19?,20?,21-,22-,23?,24?,25+,26-,27-,28+/m1/s1. The SMILES string of the molecule is CCCCOCC1O[C@@H](O[C@@H]2C3CO[C@H](O3)[C@@H]3OC23)[C@@H](OCCCC)C(OCCCC)[C@@H]1OCCCC. The Morgan fingerprint density at radius 3 is 1.92 bits per heavy atom. The highest BCUT2D eigenvalue weighted by Gasteiger charge is 2.63. The smallest absolute Gasteiger partial charge is 0.187 e. The van der Waals surface area contributed by atoms with Crippen molar-refractivity contribution in [1.29, 1.82) is 0 Å². The Morgan fingerprint density at radius 2 is 1.24 bits per heavy atom. The molecule has 4 unspecified atom stereocenters. The van der Waals surface area contributed by atoms with Gasteiger partial charge in [0.25, 0.3) is 0 Å². The van der Waals surface area contributed by atoms with E-state index in [4.69, 9.17) is 42.6 Å². The van der Waals surface area contributed by atoms with Gasteiger partial charge in [-0.05, 0) is 25.7 Å². The first-order chi connectivity index (χ1) is 18.2. The maximum Gasteiger partial charge on any atom is 0.187 e. The van der Waals surface area contributed by atoms with Crippen LogP contribution in [0, 0.1) is 0 Å². The van der Waals surface area contributed by atoms with Crippen LogP contribution in [0.25, 0.3) is 0 Å². The van der Waals surface area contributed by atoms with Crippen LogP contribution < -0.4 is 0 Å². The summed E-state index contributed by atoms with van der Waals surface area (Å²) >= 11 is 0. The minimum Gasteiger partial charge on any atom is -0.379 e. The van der Waals surface area contributed by atoms with Gasteiger partial charge in [-0.1, -0.05) is 53.4 Å². The van der Waals surface area contributed by atoms with Gasteiger partial charge >= 0.3 is 0 Å². The summed E-state index contributed by atoms with van der Waals surface area (Å²) in [5.41, 5.74) is 0. The molecule has 0 radical (unpaired) electrons. The van der Waals surface area contributed by atoms with Crippen molar-refractivity contribution in [1.82, 2.24) is 0 Å². The van der Waals surface area contributed by atoms with Gasteiger partial charge in [0, 0.05) is 26.4 Å². The fourth-order valence-corrected chi connectivity index (χ4v) is 5.16. The molecule has 2 bridgehead atoms. The minimum absolute atomic E-state index is 0.0385. The van der Waals surface area contributed by atoms with Crippen LogP contribution in [0.5, 0.6) is 0 Å². The van der Waals surface area contributed by atoms with Crippen molar-refractivity contribution in [3.63, 3.8) is 0 Å². The Hall–Kier alpha value is -0.360. The fourth-order valence-electron chi connectivity index (χ4n) is 5.16. The number of hydrogen-bond acceptors (Lipinski definition) is 9. The van der Waals surface area contributed by atoms with Gasteiger partial charge in [-0.3, -0.25) is 0 Å². The second kappa shape index (κ2) is 15.4. The third-order valence-electron chi connectivity index (χ3n) is 7.48. The predicted octanol–water partition coefficient (Wildman–Crippen LogP) is 3.99. The van der Waals surface area contributed by atoms with E-state index in [0.717, 1.165) is 51.4 Å².